The van der Waals surface area contributed by atoms with Gasteiger partial charge in [0.05, 0.1) is 5.56 Å². The highest BCUT2D eigenvalue weighted by atomic mass is 32.2. The summed E-state index contributed by atoms with van der Waals surface area (Å²) in [5.41, 5.74) is 8.13. The molecule has 1 amide bonds. The lowest BCUT2D eigenvalue weighted by atomic mass is 10.1. The molecule has 2 N–H and O–H groups in total. The molecule has 1 aromatic carbocycles. The van der Waals surface area contributed by atoms with Crippen LogP contribution in [-0.4, -0.2) is 48.5 Å². The average Bonchev–Trinajstić information content (AvgIpc) is 2.58. The molecule has 0 atom stereocenters. The molecule has 0 radical (unpaired) electrons. The van der Waals surface area contributed by atoms with E-state index in [-0.39, 0.29) is 10.7 Å². The SMILES string of the molecule is CN(C)c1ccc(N)cc1C(=O)N1CCSC(C)(C)CC1. The summed E-state index contributed by atoms with van der Waals surface area (Å²) in [4.78, 5) is 16.8. The molecule has 1 fully saturated rings. The molecule has 0 bridgehead atoms. The van der Waals surface area contributed by atoms with E-state index in [1.807, 2.05) is 47.8 Å². The molecule has 0 spiro atoms. The van der Waals surface area contributed by atoms with E-state index < -0.39 is 0 Å². The largest absolute Gasteiger partial charge is 0.399 e. The lowest BCUT2D eigenvalue weighted by Gasteiger charge is -2.25. The van der Waals surface area contributed by atoms with E-state index in [0.29, 0.717) is 11.3 Å². The predicted molar refractivity (Wildman–Crippen MR) is 92.2 cm³/mol. The number of rotatable bonds is 2. The fourth-order valence-corrected chi connectivity index (χ4v) is 3.61. The van der Waals surface area contributed by atoms with Crippen LogP contribution >= 0.6 is 11.8 Å². The maximum absolute atomic E-state index is 12.9. The van der Waals surface area contributed by atoms with Crippen LogP contribution in [0.4, 0.5) is 11.4 Å². The van der Waals surface area contributed by atoms with Crippen LogP contribution in [0.3, 0.4) is 0 Å². The fraction of sp³-hybridized carbons (Fsp3) is 0.562. The van der Waals surface area contributed by atoms with Crippen molar-refractivity contribution in [2.45, 2.75) is 25.0 Å². The topological polar surface area (TPSA) is 49.6 Å². The molecule has 1 aliphatic heterocycles. The summed E-state index contributed by atoms with van der Waals surface area (Å²) in [6.45, 7) is 6.10. The van der Waals surface area contributed by atoms with Gasteiger partial charge in [0.2, 0.25) is 0 Å². The molecule has 5 heteroatoms. The van der Waals surface area contributed by atoms with E-state index in [1.54, 1.807) is 6.07 Å². The number of anilines is 2. The standard InChI is InChI=1S/C16H25N3OS/c1-16(2)7-8-19(9-10-21-16)15(20)13-11-12(17)5-6-14(13)18(3)4/h5-6,11H,7-10,17H2,1-4H3. The molecule has 21 heavy (non-hydrogen) atoms. The van der Waals surface area contributed by atoms with Crippen molar-refractivity contribution in [3.63, 3.8) is 0 Å². The van der Waals surface area contributed by atoms with Crippen LogP contribution in [0.15, 0.2) is 18.2 Å². The normalized spacial score (nSPS) is 18.2. The number of hydrogen-bond acceptors (Lipinski definition) is 4. The Morgan fingerprint density at radius 3 is 2.71 bits per heavy atom. The van der Waals surface area contributed by atoms with Crippen molar-refractivity contribution in [2.75, 3.05) is 43.6 Å². The Morgan fingerprint density at radius 2 is 2.05 bits per heavy atom. The molecule has 1 heterocycles. The molecule has 1 saturated heterocycles. The molecule has 0 saturated carbocycles. The quantitative estimate of drug-likeness (QED) is 0.854. The van der Waals surface area contributed by atoms with Gasteiger partial charge in [0.25, 0.3) is 5.91 Å². The van der Waals surface area contributed by atoms with E-state index >= 15 is 0 Å². The number of nitrogen functional groups attached to an aromatic ring is 1. The first-order chi connectivity index (χ1) is 9.80. The van der Waals surface area contributed by atoms with Gasteiger partial charge in [-0.15, -0.1) is 0 Å². The van der Waals surface area contributed by atoms with Crippen LogP contribution < -0.4 is 10.6 Å². The Kier molecular flexibility index (Phi) is 4.71. The van der Waals surface area contributed by atoms with Gasteiger partial charge in [0, 0.05) is 49.1 Å². The van der Waals surface area contributed by atoms with Gasteiger partial charge in [-0.25, -0.2) is 0 Å². The van der Waals surface area contributed by atoms with Crippen LogP contribution in [0, 0.1) is 0 Å². The molecule has 2 rings (SSSR count). The van der Waals surface area contributed by atoms with Crippen LogP contribution in [0.25, 0.3) is 0 Å². The minimum absolute atomic E-state index is 0.0873. The first-order valence-corrected chi connectivity index (χ1v) is 8.29. The van der Waals surface area contributed by atoms with Crippen LogP contribution in [0.2, 0.25) is 0 Å². The smallest absolute Gasteiger partial charge is 0.256 e. The molecule has 0 aromatic heterocycles. The number of nitrogens with zero attached hydrogens (tertiary/aromatic N) is 2. The van der Waals surface area contributed by atoms with Gasteiger partial charge in [-0.3, -0.25) is 4.79 Å². The molecule has 4 nitrogen and oxygen atoms in total. The fourth-order valence-electron chi connectivity index (χ4n) is 2.51. The summed E-state index contributed by atoms with van der Waals surface area (Å²) in [5, 5.41) is 0. The Morgan fingerprint density at radius 1 is 1.33 bits per heavy atom. The highest BCUT2D eigenvalue weighted by molar-refractivity contribution is 8.00. The van der Waals surface area contributed by atoms with E-state index in [9.17, 15) is 4.79 Å². The van der Waals surface area contributed by atoms with Gasteiger partial charge >= 0.3 is 0 Å². The third-order valence-corrected chi connectivity index (χ3v) is 5.23. The minimum atomic E-state index is 0.0873. The zero-order valence-corrected chi connectivity index (χ0v) is 14.2. The van der Waals surface area contributed by atoms with Gasteiger partial charge in [0.15, 0.2) is 0 Å². The Bertz CT molecular complexity index is 528. The van der Waals surface area contributed by atoms with Crippen molar-refractivity contribution in [1.82, 2.24) is 4.90 Å². The first kappa shape index (κ1) is 16.0. The van der Waals surface area contributed by atoms with Gasteiger partial charge < -0.3 is 15.5 Å². The van der Waals surface area contributed by atoms with Crippen molar-refractivity contribution in [3.05, 3.63) is 23.8 Å². The molecule has 0 unspecified atom stereocenters. The third kappa shape index (κ3) is 3.84. The molecular formula is C16H25N3OS. The highest BCUT2D eigenvalue weighted by Crippen LogP contribution is 2.32. The summed E-state index contributed by atoms with van der Waals surface area (Å²) in [6, 6.07) is 5.55. The van der Waals surface area contributed by atoms with Crippen LogP contribution in [0.5, 0.6) is 0 Å². The third-order valence-electron chi connectivity index (χ3n) is 3.86. The number of thioether (sulfide) groups is 1. The van der Waals surface area contributed by atoms with Gasteiger partial charge in [-0.2, -0.15) is 11.8 Å². The lowest BCUT2D eigenvalue weighted by molar-refractivity contribution is 0.0765. The van der Waals surface area contributed by atoms with E-state index in [0.717, 1.165) is 31.0 Å². The van der Waals surface area contributed by atoms with Crippen LogP contribution in [-0.2, 0) is 0 Å². The molecule has 116 valence electrons. The van der Waals surface area contributed by atoms with E-state index in [2.05, 4.69) is 13.8 Å². The number of hydrogen-bond donors (Lipinski definition) is 1. The average molecular weight is 307 g/mol. The maximum atomic E-state index is 12.9. The number of carbonyl (C=O) groups is 1. The number of amides is 1. The van der Waals surface area contributed by atoms with Crippen molar-refractivity contribution >= 4 is 29.0 Å². The highest BCUT2D eigenvalue weighted by Gasteiger charge is 2.27. The van der Waals surface area contributed by atoms with Crippen molar-refractivity contribution in [1.29, 1.82) is 0 Å². The summed E-state index contributed by atoms with van der Waals surface area (Å²) in [7, 11) is 3.90. The van der Waals surface area contributed by atoms with Crippen molar-refractivity contribution < 1.29 is 4.79 Å². The summed E-state index contributed by atoms with van der Waals surface area (Å²) in [6.07, 6.45) is 1.02. The Hall–Kier alpha value is -1.36. The van der Waals surface area contributed by atoms with Gasteiger partial charge in [0.1, 0.15) is 0 Å². The van der Waals surface area contributed by atoms with E-state index in [4.69, 9.17) is 5.73 Å². The zero-order valence-electron chi connectivity index (χ0n) is 13.3. The molecule has 1 aliphatic rings. The first-order valence-electron chi connectivity index (χ1n) is 7.30. The van der Waals surface area contributed by atoms with Gasteiger partial charge in [-0.05, 0) is 24.6 Å². The summed E-state index contributed by atoms with van der Waals surface area (Å²) < 4.78 is 0.245. The molecule has 1 aromatic rings. The molecule has 0 aliphatic carbocycles. The van der Waals surface area contributed by atoms with E-state index in [1.165, 1.54) is 0 Å². The Balaban J connectivity index is 2.25. The summed E-state index contributed by atoms with van der Waals surface area (Å²) in [5.74, 6) is 1.07. The van der Waals surface area contributed by atoms with Crippen molar-refractivity contribution in [3.8, 4) is 0 Å². The number of carbonyl (C=O) groups excluding carboxylic acids is 1. The monoisotopic (exact) mass is 307 g/mol. The van der Waals surface area contributed by atoms with Crippen molar-refractivity contribution in [2.24, 2.45) is 0 Å². The second-order valence-electron chi connectivity index (χ2n) is 6.32. The second-order valence-corrected chi connectivity index (χ2v) is 8.12. The number of benzene rings is 1. The minimum Gasteiger partial charge on any atom is -0.399 e. The predicted octanol–water partition coefficient (Wildman–Crippen LogP) is 2.69. The zero-order chi connectivity index (χ0) is 15.6. The van der Waals surface area contributed by atoms with Gasteiger partial charge in [-0.1, -0.05) is 13.8 Å². The lowest BCUT2D eigenvalue weighted by Crippen LogP contribution is -2.34. The second kappa shape index (κ2) is 6.18. The number of nitrogens with two attached hydrogens (primary N) is 1. The summed E-state index contributed by atoms with van der Waals surface area (Å²) >= 11 is 1.94. The molecular weight excluding hydrogens is 282 g/mol. The van der Waals surface area contributed by atoms with Crippen LogP contribution in [0.1, 0.15) is 30.6 Å². The Labute approximate surface area is 131 Å². The maximum Gasteiger partial charge on any atom is 0.256 e.